The minimum atomic E-state index is -1.38. The molecule has 1 amide bonds. The van der Waals surface area contributed by atoms with Crippen LogP contribution >= 0.6 is 15.9 Å². The quantitative estimate of drug-likeness (QED) is 0.832. The molecule has 1 fully saturated rings. The molecule has 6 heteroatoms. The summed E-state index contributed by atoms with van der Waals surface area (Å²) in [5.41, 5.74) is 6.28. The van der Waals surface area contributed by atoms with E-state index < -0.39 is 10.8 Å². The van der Waals surface area contributed by atoms with Crippen LogP contribution in [0.5, 0.6) is 0 Å². The zero-order valence-corrected chi connectivity index (χ0v) is 13.2. The van der Waals surface area contributed by atoms with Gasteiger partial charge in [-0.15, -0.1) is 0 Å². The first kappa shape index (κ1) is 14.5. The number of carbonyl (C=O) groups is 1. The Hall–Kier alpha value is -0.880. The first-order valence-electron chi connectivity index (χ1n) is 6.25. The van der Waals surface area contributed by atoms with Crippen LogP contribution in [0.1, 0.15) is 19.8 Å². The van der Waals surface area contributed by atoms with Crippen LogP contribution < -0.4 is 5.73 Å². The fourth-order valence-corrected chi connectivity index (χ4v) is 3.49. The lowest BCUT2D eigenvalue weighted by Gasteiger charge is -2.20. The van der Waals surface area contributed by atoms with Crippen molar-refractivity contribution in [1.29, 1.82) is 0 Å². The third kappa shape index (κ3) is 3.57. The molecule has 2 rings (SSSR count). The number of rotatable bonds is 5. The van der Waals surface area contributed by atoms with Gasteiger partial charge in [0.05, 0.1) is 15.7 Å². The van der Waals surface area contributed by atoms with E-state index in [9.17, 15) is 9.00 Å². The van der Waals surface area contributed by atoms with Gasteiger partial charge in [-0.05, 0) is 38.0 Å². The van der Waals surface area contributed by atoms with Crippen molar-refractivity contribution >= 4 is 38.3 Å². The minimum absolute atomic E-state index is 0.0101. The van der Waals surface area contributed by atoms with Gasteiger partial charge in [-0.3, -0.25) is 9.00 Å². The summed E-state index contributed by atoms with van der Waals surface area (Å²) in [5, 5.41) is 0. The van der Waals surface area contributed by atoms with Gasteiger partial charge < -0.3 is 10.6 Å². The molecule has 0 spiro atoms. The molecule has 1 unspecified atom stereocenters. The summed E-state index contributed by atoms with van der Waals surface area (Å²) in [5.74, 6) is -0.0402. The minimum Gasteiger partial charge on any atom is -0.398 e. The van der Waals surface area contributed by atoms with Crippen molar-refractivity contribution in [2.24, 2.45) is 0 Å². The molecule has 2 N–H and O–H groups in total. The highest BCUT2D eigenvalue weighted by Gasteiger charge is 2.32. The van der Waals surface area contributed by atoms with Gasteiger partial charge in [0.1, 0.15) is 5.75 Å². The van der Waals surface area contributed by atoms with Gasteiger partial charge in [0.2, 0.25) is 5.91 Å². The Morgan fingerprint density at radius 1 is 1.53 bits per heavy atom. The highest BCUT2D eigenvalue weighted by atomic mass is 79.9. The smallest absolute Gasteiger partial charge is 0.235 e. The average molecular weight is 345 g/mol. The number of hydrogen-bond donors (Lipinski definition) is 1. The fourth-order valence-electron chi connectivity index (χ4n) is 2.02. The molecule has 0 heterocycles. The van der Waals surface area contributed by atoms with Crippen molar-refractivity contribution in [2.75, 3.05) is 18.0 Å². The maximum absolute atomic E-state index is 12.2. The zero-order chi connectivity index (χ0) is 14.0. The van der Waals surface area contributed by atoms with E-state index in [4.69, 9.17) is 5.73 Å². The first-order chi connectivity index (χ1) is 9.02. The number of halogens is 1. The first-order valence-corrected chi connectivity index (χ1v) is 8.37. The molecule has 104 valence electrons. The largest absolute Gasteiger partial charge is 0.398 e. The Kier molecular flexibility index (Phi) is 4.62. The molecule has 0 bridgehead atoms. The Morgan fingerprint density at radius 3 is 2.74 bits per heavy atom. The molecule has 1 saturated carbocycles. The van der Waals surface area contributed by atoms with Crippen LogP contribution in [0.2, 0.25) is 0 Å². The number of amides is 1. The summed E-state index contributed by atoms with van der Waals surface area (Å²) in [6, 6.07) is 5.55. The van der Waals surface area contributed by atoms with Crippen LogP contribution in [0.3, 0.4) is 0 Å². The normalized spacial score (nSPS) is 16.1. The molecule has 0 radical (unpaired) electrons. The number of nitrogens with zero attached hydrogens (tertiary/aromatic N) is 1. The van der Waals surface area contributed by atoms with E-state index in [-0.39, 0.29) is 11.7 Å². The maximum Gasteiger partial charge on any atom is 0.235 e. The second kappa shape index (κ2) is 6.05. The van der Waals surface area contributed by atoms with Gasteiger partial charge in [0.15, 0.2) is 0 Å². The lowest BCUT2D eigenvalue weighted by Crippen LogP contribution is -2.36. The van der Waals surface area contributed by atoms with Gasteiger partial charge in [-0.25, -0.2) is 0 Å². The van der Waals surface area contributed by atoms with E-state index in [1.807, 2.05) is 11.8 Å². The summed E-state index contributed by atoms with van der Waals surface area (Å²) < 4.78 is 13.1. The molecule has 0 aromatic heterocycles. The summed E-state index contributed by atoms with van der Waals surface area (Å²) >= 11 is 3.30. The summed E-state index contributed by atoms with van der Waals surface area (Å²) in [6.45, 7) is 2.63. The lowest BCUT2D eigenvalue weighted by atomic mass is 10.3. The van der Waals surface area contributed by atoms with E-state index in [1.54, 1.807) is 18.2 Å². The van der Waals surface area contributed by atoms with Crippen LogP contribution in [-0.4, -0.2) is 33.4 Å². The van der Waals surface area contributed by atoms with Gasteiger partial charge in [-0.2, -0.15) is 0 Å². The SMILES string of the molecule is CCN(C(=O)CS(=O)c1ccc(Br)cc1N)C1CC1. The molecule has 4 nitrogen and oxygen atoms in total. The molecule has 1 aromatic carbocycles. The van der Waals surface area contributed by atoms with E-state index in [0.717, 1.165) is 17.3 Å². The average Bonchev–Trinajstić information content (AvgIpc) is 3.14. The van der Waals surface area contributed by atoms with Crippen molar-refractivity contribution in [3.05, 3.63) is 22.7 Å². The second-order valence-corrected chi connectivity index (χ2v) is 6.92. The Labute approximate surface area is 123 Å². The number of anilines is 1. The zero-order valence-electron chi connectivity index (χ0n) is 10.8. The number of nitrogens with two attached hydrogens (primary N) is 1. The number of nitrogen functional groups attached to an aromatic ring is 1. The van der Waals surface area contributed by atoms with Crippen LogP contribution in [0, 0.1) is 0 Å². The van der Waals surface area contributed by atoms with E-state index in [2.05, 4.69) is 15.9 Å². The van der Waals surface area contributed by atoms with Crippen molar-refractivity contribution in [3.63, 3.8) is 0 Å². The third-order valence-corrected chi connectivity index (χ3v) is 4.99. The van der Waals surface area contributed by atoms with E-state index >= 15 is 0 Å². The summed E-state index contributed by atoms with van der Waals surface area (Å²) in [6.07, 6.45) is 2.12. The molecule has 0 saturated heterocycles. The van der Waals surface area contributed by atoms with Gasteiger partial charge in [0.25, 0.3) is 0 Å². The summed E-state index contributed by atoms with van der Waals surface area (Å²) in [4.78, 5) is 14.4. The molecular weight excluding hydrogens is 328 g/mol. The predicted octanol–water partition coefficient (Wildman–Crippen LogP) is 2.15. The monoisotopic (exact) mass is 344 g/mol. The summed E-state index contributed by atoms with van der Waals surface area (Å²) in [7, 11) is -1.38. The predicted molar refractivity (Wildman–Crippen MR) is 80.2 cm³/mol. The molecular formula is C13H17BrN2O2S. The van der Waals surface area contributed by atoms with Crippen molar-refractivity contribution in [3.8, 4) is 0 Å². The highest BCUT2D eigenvalue weighted by Crippen LogP contribution is 2.27. The Morgan fingerprint density at radius 2 is 2.21 bits per heavy atom. The number of hydrogen-bond acceptors (Lipinski definition) is 3. The second-order valence-electron chi connectivity index (χ2n) is 4.58. The van der Waals surface area contributed by atoms with Gasteiger partial charge >= 0.3 is 0 Å². The van der Waals surface area contributed by atoms with Gasteiger partial charge in [-0.1, -0.05) is 15.9 Å². The maximum atomic E-state index is 12.2. The van der Waals surface area contributed by atoms with Crippen LogP contribution in [0.4, 0.5) is 5.69 Å². The molecule has 0 aliphatic heterocycles. The van der Waals surface area contributed by atoms with E-state index in [1.165, 1.54) is 0 Å². The van der Waals surface area contributed by atoms with Crippen LogP contribution in [0.15, 0.2) is 27.6 Å². The number of benzene rings is 1. The molecule has 1 aliphatic rings. The highest BCUT2D eigenvalue weighted by molar-refractivity contribution is 9.10. The van der Waals surface area contributed by atoms with Gasteiger partial charge in [0, 0.05) is 22.7 Å². The molecule has 1 aliphatic carbocycles. The van der Waals surface area contributed by atoms with Crippen LogP contribution in [-0.2, 0) is 15.6 Å². The molecule has 1 aromatic rings. The van der Waals surface area contributed by atoms with Crippen molar-refractivity contribution in [1.82, 2.24) is 4.90 Å². The molecule has 19 heavy (non-hydrogen) atoms. The lowest BCUT2D eigenvalue weighted by molar-refractivity contribution is -0.128. The van der Waals surface area contributed by atoms with Crippen LogP contribution in [0.25, 0.3) is 0 Å². The van der Waals surface area contributed by atoms with Crippen molar-refractivity contribution < 1.29 is 9.00 Å². The Bertz CT molecular complexity index is 517. The fraction of sp³-hybridized carbons (Fsp3) is 0.462. The number of carbonyl (C=O) groups excluding carboxylic acids is 1. The van der Waals surface area contributed by atoms with Crippen molar-refractivity contribution in [2.45, 2.75) is 30.7 Å². The van der Waals surface area contributed by atoms with E-state index in [0.29, 0.717) is 23.2 Å². The Balaban J connectivity index is 2.05. The third-order valence-electron chi connectivity index (χ3n) is 3.12. The standard InChI is InChI=1S/C13H17BrN2O2S/c1-2-16(10-4-5-10)13(17)8-19(18)12-6-3-9(14)7-11(12)15/h3,6-7,10H,2,4-5,8,15H2,1H3. The topological polar surface area (TPSA) is 63.4 Å². The molecule has 1 atom stereocenters.